The molecule has 1 aromatic rings. The Balaban J connectivity index is 1.53. The zero-order valence-electron chi connectivity index (χ0n) is 14.0. The van der Waals surface area contributed by atoms with Gasteiger partial charge in [0.2, 0.25) is 0 Å². The standard InChI is InChI=1S/C18H28BNO3/c21-13-10-17-4-6-18(7-5-17)23-14-2-1-3-16-8-11-20(12-9-16)15-19-22/h4-7,16,21H,1-3,8-15H2. The summed E-state index contributed by atoms with van der Waals surface area (Å²) >= 11 is 0. The average Bonchev–Trinajstić information content (AvgIpc) is 2.58. The molecule has 0 unspecified atom stereocenters. The first kappa shape index (κ1) is 18.1. The molecule has 0 radical (unpaired) electrons. The van der Waals surface area contributed by atoms with Crippen LogP contribution in [0.2, 0.25) is 0 Å². The molecule has 1 aliphatic rings. The van der Waals surface area contributed by atoms with Crippen LogP contribution in [0.25, 0.3) is 0 Å². The van der Waals surface area contributed by atoms with Gasteiger partial charge in [-0.15, -0.1) is 0 Å². The molecule has 4 nitrogen and oxygen atoms in total. The third-order valence-corrected chi connectivity index (χ3v) is 4.64. The molecule has 0 aliphatic carbocycles. The molecule has 0 amide bonds. The fraction of sp³-hybridized carbons (Fsp3) is 0.667. The van der Waals surface area contributed by atoms with Gasteiger partial charge in [-0.05, 0) is 12.0 Å². The number of piperidine rings is 1. The first-order chi connectivity index (χ1) is 11.3. The van der Waals surface area contributed by atoms with Crippen LogP contribution < -0.4 is 4.74 Å². The average molecular weight is 317 g/mol. The second-order valence-electron chi connectivity index (χ2n) is 6.37. The van der Waals surface area contributed by atoms with Gasteiger partial charge in [0.05, 0.1) is 0 Å². The summed E-state index contributed by atoms with van der Waals surface area (Å²) in [6, 6.07) is 7.98. The number of ether oxygens (including phenoxy) is 1. The van der Waals surface area contributed by atoms with E-state index in [9.17, 15) is 4.70 Å². The minimum atomic E-state index is 0.189. The number of likely N-dealkylation sites (tertiary alicyclic amines) is 1. The molecule has 1 aliphatic heterocycles. The summed E-state index contributed by atoms with van der Waals surface area (Å²) in [6.45, 7) is 3.10. The van der Waals surface area contributed by atoms with Gasteiger partial charge in [0.15, 0.2) is 0 Å². The Labute approximate surface area is 140 Å². The quantitative estimate of drug-likeness (QED) is 0.532. The van der Waals surface area contributed by atoms with E-state index in [0.717, 1.165) is 50.5 Å². The van der Waals surface area contributed by atoms with E-state index >= 15 is 0 Å². The van der Waals surface area contributed by atoms with Crippen LogP contribution in [0, 0.1) is 5.92 Å². The molecule has 2 rings (SSSR count). The van der Waals surface area contributed by atoms with Gasteiger partial charge in [-0.2, -0.15) is 0 Å². The molecule has 0 aromatic heterocycles. The first-order valence-corrected chi connectivity index (χ1v) is 8.80. The molecule has 23 heavy (non-hydrogen) atoms. The van der Waals surface area contributed by atoms with Gasteiger partial charge in [-0.25, -0.2) is 0 Å². The monoisotopic (exact) mass is 317 g/mol. The maximum absolute atomic E-state index is 10.5. The van der Waals surface area contributed by atoms with E-state index in [0.29, 0.717) is 12.9 Å². The van der Waals surface area contributed by atoms with Crippen LogP contribution in [-0.4, -0.2) is 49.9 Å². The summed E-state index contributed by atoms with van der Waals surface area (Å²) in [5.41, 5.74) is 1.14. The van der Waals surface area contributed by atoms with E-state index in [4.69, 9.17) is 9.84 Å². The fourth-order valence-corrected chi connectivity index (χ4v) is 3.17. The Kier molecular flexibility index (Phi) is 8.33. The normalized spacial score (nSPS) is 16.2. The van der Waals surface area contributed by atoms with E-state index in [2.05, 4.69) is 4.90 Å². The Morgan fingerprint density at radius 1 is 1.17 bits per heavy atom. The zero-order valence-corrected chi connectivity index (χ0v) is 14.0. The number of hydrogen-bond donors (Lipinski definition) is 1. The molecule has 1 saturated heterocycles. The molecule has 0 bridgehead atoms. The molecule has 1 aromatic carbocycles. The van der Waals surface area contributed by atoms with Gasteiger partial charge >= 0.3 is 104 Å². The minimum absolute atomic E-state index is 0.189. The van der Waals surface area contributed by atoms with E-state index in [-0.39, 0.29) is 6.61 Å². The molecular formula is C18H28BNO3. The number of aliphatic hydroxyl groups is 1. The van der Waals surface area contributed by atoms with Crippen molar-refractivity contribution in [2.75, 3.05) is 32.7 Å². The summed E-state index contributed by atoms with van der Waals surface area (Å²) < 4.78 is 16.3. The van der Waals surface area contributed by atoms with Crippen molar-refractivity contribution in [3.05, 3.63) is 29.8 Å². The Morgan fingerprint density at radius 2 is 1.91 bits per heavy atom. The number of hydrogen-bond acceptors (Lipinski definition) is 4. The second kappa shape index (κ2) is 10.6. The van der Waals surface area contributed by atoms with Crippen molar-refractivity contribution >= 4 is 7.15 Å². The van der Waals surface area contributed by atoms with Crippen molar-refractivity contribution in [2.24, 2.45) is 5.92 Å². The van der Waals surface area contributed by atoms with Crippen molar-refractivity contribution in [1.82, 2.24) is 4.90 Å². The third kappa shape index (κ3) is 6.84. The first-order valence-electron chi connectivity index (χ1n) is 8.80. The summed E-state index contributed by atoms with van der Waals surface area (Å²) in [6.07, 6.45) is 7.31. The molecule has 0 saturated carbocycles. The van der Waals surface area contributed by atoms with Crippen LogP contribution >= 0.6 is 0 Å². The topological polar surface area (TPSA) is 49.8 Å². The van der Waals surface area contributed by atoms with Crippen LogP contribution in [0.4, 0.5) is 0 Å². The number of unbranched alkanes of at least 4 members (excludes halogenated alkanes) is 1. The van der Waals surface area contributed by atoms with Gasteiger partial charge in [-0.1, -0.05) is 12.1 Å². The number of rotatable bonds is 10. The number of aliphatic hydroxyl groups excluding tert-OH is 1. The molecule has 0 spiro atoms. The molecule has 126 valence electrons. The number of benzene rings is 1. The molecule has 1 heterocycles. The summed E-state index contributed by atoms with van der Waals surface area (Å²) in [5.74, 6) is 1.73. The van der Waals surface area contributed by atoms with E-state index in [1.165, 1.54) is 25.7 Å². The van der Waals surface area contributed by atoms with E-state index in [1.54, 1.807) is 0 Å². The van der Waals surface area contributed by atoms with E-state index in [1.807, 2.05) is 24.3 Å². The molecule has 1 N–H and O–H groups in total. The van der Waals surface area contributed by atoms with E-state index < -0.39 is 0 Å². The summed E-state index contributed by atoms with van der Waals surface area (Å²) in [7, 11) is 1.01. The Hall–Kier alpha value is -1.20. The van der Waals surface area contributed by atoms with Gasteiger partial charge in [-0.3, -0.25) is 0 Å². The van der Waals surface area contributed by atoms with Crippen molar-refractivity contribution in [3.63, 3.8) is 0 Å². The summed E-state index contributed by atoms with van der Waals surface area (Å²) in [4.78, 5) is 2.24. The predicted octanol–water partition coefficient (Wildman–Crippen LogP) is 2.49. The second-order valence-corrected chi connectivity index (χ2v) is 6.37. The van der Waals surface area contributed by atoms with Crippen molar-refractivity contribution < 1.29 is 14.5 Å². The van der Waals surface area contributed by atoms with Crippen LogP contribution in [0.1, 0.15) is 37.7 Å². The molecule has 0 atom stereocenters. The van der Waals surface area contributed by atoms with Crippen LogP contribution in [0.3, 0.4) is 0 Å². The van der Waals surface area contributed by atoms with Crippen LogP contribution in [0.5, 0.6) is 5.75 Å². The van der Waals surface area contributed by atoms with Gasteiger partial charge in [0, 0.05) is 6.61 Å². The van der Waals surface area contributed by atoms with Crippen LogP contribution in [0.15, 0.2) is 24.3 Å². The zero-order chi connectivity index (χ0) is 16.3. The van der Waals surface area contributed by atoms with Crippen molar-refractivity contribution in [2.45, 2.75) is 38.5 Å². The Bertz CT molecular complexity index is 444. The molecular weight excluding hydrogens is 289 g/mol. The molecule has 5 heteroatoms. The van der Waals surface area contributed by atoms with Crippen LogP contribution in [-0.2, 0) is 11.1 Å². The van der Waals surface area contributed by atoms with Gasteiger partial charge in [0.25, 0.3) is 0 Å². The number of nitrogens with zero attached hydrogens (tertiary/aromatic N) is 1. The van der Waals surface area contributed by atoms with Gasteiger partial charge in [0.1, 0.15) is 0 Å². The fourth-order valence-electron chi connectivity index (χ4n) is 3.17. The third-order valence-electron chi connectivity index (χ3n) is 4.64. The Morgan fingerprint density at radius 3 is 2.57 bits per heavy atom. The molecule has 1 fully saturated rings. The van der Waals surface area contributed by atoms with Gasteiger partial charge < -0.3 is 5.11 Å². The van der Waals surface area contributed by atoms with Crippen molar-refractivity contribution in [1.29, 1.82) is 0 Å². The predicted molar refractivity (Wildman–Crippen MR) is 92.2 cm³/mol. The maximum atomic E-state index is 10.5. The summed E-state index contributed by atoms with van der Waals surface area (Å²) in [5, 5.41) is 8.89. The SMILES string of the molecule is O=BCN1CCC(CCCCOc2ccc(CCO)cc2)CC1. The van der Waals surface area contributed by atoms with Crippen molar-refractivity contribution in [3.8, 4) is 5.75 Å².